The van der Waals surface area contributed by atoms with E-state index in [0.717, 1.165) is 0 Å². The third-order valence-corrected chi connectivity index (χ3v) is 12.5. The Morgan fingerprint density at radius 1 is 0.423 bits per heavy atom. The highest BCUT2D eigenvalue weighted by Gasteiger charge is 2.59. The van der Waals surface area contributed by atoms with Crippen LogP contribution in [0.5, 0.6) is 0 Å². The van der Waals surface area contributed by atoms with Gasteiger partial charge in [-0.25, -0.2) is 26.3 Å². The van der Waals surface area contributed by atoms with Crippen LogP contribution in [0.1, 0.15) is 0 Å². The van der Waals surface area contributed by atoms with Crippen LogP contribution in [0.25, 0.3) is 0 Å². The van der Waals surface area contributed by atoms with Gasteiger partial charge in [0.15, 0.2) is 49.6 Å². The Morgan fingerprint density at radius 3 is 1.21 bits per heavy atom. The molecule has 0 radical (unpaired) electrons. The average molecular weight is 1170 g/mol. The maximum atomic E-state index is 12.7. The Hall–Kier alpha value is -2.36. The standard InChI is InChI=1S/C24H40N2O39S6/c27-7-5(25-66(37,38)39)21(36)57-3(1-55-68(43,44)45)12(7)59-24-17(65-71(52,53)54)11(31)14(18(63-24)20(34)35)61-22-6(26-67(40,41)42)8(28)13(4(58-22)2-56-69(46,47)48)60-23-16(64-70(49,50)51)10(30)9(29)15(62-23)19(32)33/h3-18,21-31,36H,1-2H2,(H,32,33)(H,34,35)(H,37,38,39)(H,40,41,42)(H,43,44,45)(H,46,47,48)(H,49,50,51)(H,52,53,54). The monoisotopic (exact) mass is 1170 g/mol. The van der Waals surface area contributed by atoms with E-state index in [1.165, 1.54) is 9.44 Å². The lowest BCUT2D eigenvalue weighted by Gasteiger charge is -2.49. The van der Waals surface area contributed by atoms with Gasteiger partial charge in [-0.3, -0.25) is 27.3 Å². The molecule has 416 valence electrons. The van der Waals surface area contributed by atoms with Gasteiger partial charge >= 0.3 is 74.1 Å². The average Bonchev–Trinajstić information content (AvgIpc) is 3.17. The second-order valence-electron chi connectivity index (χ2n) is 14.5. The fraction of sp³-hybridized carbons (Fsp3) is 0.917. The van der Waals surface area contributed by atoms with Crippen LogP contribution < -0.4 is 9.44 Å². The first-order valence-electron chi connectivity index (χ1n) is 18.2. The van der Waals surface area contributed by atoms with Crippen LogP contribution in [0.4, 0.5) is 0 Å². The quantitative estimate of drug-likeness (QED) is 0.0448. The van der Waals surface area contributed by atoms with Gasteiger partial charge in [0.05, 0.1) is 13.2 Å². The van der Waals surface area contributed by atoms with Crippen LogP contribution in [-0.4, -0.2) is 267 Å². The van der Waals surface area contributed by atoms with Crippen molar-refractivity contribution in [2.45, 2.75) is 123 Å². The number of nitrogens with one attached hydrogen (secondary N) is 2. The second-order valence-corrected chi connectivity index (χ2v) is 21.2. The first-order chi connectivity index (χ1) is 32.1. The zero-order chi connectivity index (χ0) is 54.3. The van der Waals surface area contributed by atoms with E-state index >= 15 is 0 Å². The Kier molecular flexibility index (Phi) is 19.7. The lowest BCUT2D eigenvalue weighted by molar-refractivity contribution is -0.367. The summed E-state index contributed by atoms with van der Waals surface area (Å²) in [5, 5.41) is 84.8. The molecule has 4 aliphatic rings. The van der Waals surface area contributed by atoms with Crippen LogP contribution in [-0.2, 0) is 122 Å². The van der Waals surface area contributed by atoms with E-state index in [-0.39, 0.29) is 0 Å². The van der Waals surface area contributed by atoms with Crippen molar-refractivity contribution in [3.63, 3.8) is 0 Å². The minimum absolute atomic E-state index is 1.21. The van der Waals surface area contributed by atoms with Crippen LogP contribution >= 0.6 is 0 Å². The SMILES string of the molecule is O=C(O)C1OC(OC2C(COS(=O)(=O)O)OC(OC3C(C(=O)O)OC(OC4C(COS(=O)(=O)O)OC(O)C(NS(=O)(=O)O)C4O)C(OS(=O)(=O)O)C3O)C(NS(=O)(=O)O)C2O)C(OS(=O)(=O)O)C(O)C1O. The molecular formula is C24H40N2O39S6. The summed E-state index contributed by atoms with van der Waals surface area (Å²) in [6, 6.07) is -5.35. The van der Waals surface area contributed by atoms with Crippen molar-refractivity contribution in [2.24, 2.45) is 0 Å². The molecule has 4 rings (SSSR count). The highest BCUT2D eigenvalue weighted by Crippen LogP contribution is 2.37. The molecular weight excluding hydrogens is 1130 g/mol. The zero-order valence-electron chi connectivity index (χ0n) is 33.9. The Labute approximate surface area is 396 Å². The lowest BCUT2D eigenvalue weighted by Crippen LogP contribution is -2.70. The van der Waals surface area contributed by atoms with Crippen molar-refractivity contribution in [1.82, 2.24) is 9.44 Å². The molecule has 20 unspecified atom stereocenters. The number of carbonyl (C=O) groups is 2. The molecule has 41 nitrogen and oxygen atoms in total. The number of aliphatic carboxylic acids is 2. The maximum absolute atomic E-state index is 12.7. The van der Waals surface area contributed by atoms with Crippen LogP contribution in [0.2, 0.25) is 0 Å². The van der Waals surface area contributed by atoms with Gasteiger partial charge < -0.3 is 74.0 Å². The molecule has 0 aromatic carbocycles. The number of aliphatic hydroxyl groups is 6. The van der Waals surface area contributed by atoms with Crippen molar-refractivity contribution in [2.75, 3.05) is 13.2 Å². The van der Waals surface area contributed by atoms with Crippen molar-refractivity contribution >= 4 is 74.1 Å². The lowest BCUT2D eigenvalue weighted by atomic mass is 9.94. The van der Waals surface area contributed by atoms with Crippen molar-refractivity contribution < 1.29 is 178 Å². The Balaban J connectivity index is 1.81. The van der Waals surface area contributed by atoms with Gasteiger partial charge in [-0.05, 0) is 0 Å². The normalized spacial score (nSPS) is 39.2. The molecule has 20 atom stereocenters. The van der Waals surface area contributed by atoms with Gasteiger partial charge in [0, 0.05) is 0 Å². The molecule has 0 amide bonds. The van der Waals surface area contributed by atoms with Crippen molar-refractivity contribution in [3.05, 3.63) is 0 Å². The van der Waals surface area contributed by atoms with E-state index in [1.807, 2.05) is 0 Å². The molecule has 0 aromatic heterocycles. The summed E-state index contributed by atoms with van der Waals surface area (Å²) in [6.07, 6.45) is -50.5. The number of carboxylic acid groups (broad SMARTS) is 2. The van der Waals surface area contributed by atoms with Gasteiger partial charge in [0.25, 0.3) is 0 Å². The third-order valence-electron chi connectivity index (χ3n) is 9.59. The molecule has 4 heterocycles. The highest BCUT2D eigenvalue weighted by molar-refractivity contribution is 7.84. The summed E-state index contributed by atoms with van der Waals surface area (Å²) < 4.78 is 253. The van der Waals surface area contributed by atoms with Gasteiger partial charge in [-0.15, -0.1) is 0 Å². The van der Waals surface area contributed by atoms with E-state index in [1.54, 1.807) is 0 Å². The van der Waals surface area contributed by atoms with Crippen LogP contribution in [0.15, 0.2) is 0 Å². The number of carboxylic acids is 2. The number of hydrogen-bond donors (Lipinski definition) is 16. The van der Waals surface area contributed by atoms with Gasteiger partial charge in [0.2, 0.25) is 0 Å². The van der Waals surface area contributed by atoms with E-state index in [2.05, 4.69) is 16.7 Å². The molecule has 0 saturated carbocycles. The minimum Gasteiger partial charge on any atom is -0.479 e. The van der Waals surface area contributed by atoms with Crippen molar-refractivity contribution in [3.8, 4) is 0 Å². The fourth-order valence-corrected chi connectivity index (χ4v) is 9.64. The summed E-state index contributed by atoms with van der Waals surface area (Å²) in [5.74, 6) is -4.55. The first kappa shape index (κ1) is 61.2. The topological polar surface area (TPSA) is 648 Å². The zero-order valence-corrected chi connectivity index (χ0v) is 38.8. The largest absolute Gasteiger partial charge is 0.479 e. The fourth-order valence-electron chi connectivity index (χ4n) is 6.87. The minimum atomic E-state index is -6.03. The van der Waals surface area contributed by atoms with E-state index in [4.69, 9.17) is 37.7 Å². The van der Waals surface area contributed by atoms with E-state index < -0.39 is 210 Å². The van der Waals surface area contributed by atoms with Gasteiger partial charge in [0.1, 0.15) is 73.1 Å². The van der Waals surface area contributed by atoms with Gasteiger partial charge in [-0.2, -0.15) is 60.0 Å². The highest BCUT2D eigenvalue weighted by atomic mass is 32.3. The molecule has 0 aromatic rings. The Bertz CT molecular complexity index is 2580. The summed E-state index contributed by atoms with van der Waals surface area (Å²) in [5.41, 5.74) is 0. The third kappa shape index (κ3) is 17.3. The van der Waals surface area contributed by atoms with Crippen molar-refractivity contribution in [1.29, 1.82) is 0 Å². The summed E-state index contributed by atoms with van der Waals surface area (Å²) in [4.78, 5) is 24.5. The number of aliphatic hydroxyl groups excluding tert-OH is 6. The smallest absolute Gasteiger partial charge is 0.397 e. The number of rotatable bonds is 22. The summed E-state index contributed by atoms with van der Waals surface area (Å²) >= 11 is 0. The molecule has 4 fully saturated rings. The Morgan fingerprint density at radius 2 is 0.803 bits per heavy atom. The summed E-state index contributed by atoms with van der Waals surface area (Å²) in [7, 11) is -34.2. The molecule has 4 saturated heterocycles. The van der Waals surface area contributed by atoms with Crippen LogP contribution in [0, 0.1) is 0 Å². The predicted octanol–water partition coefficient (Wildman–Crippen LogP) is -11.5. The molecule has 0 bridgehead atoms. The van der Waals surface area contributed by atoms with E-state index in [9.17, 15) is 124 Å². The molecule has 0 spiro atoms. The molecule has 4 aliphatic heterocycles. The molecule has 16 N–H and O–H groups in total. The molecule has 71 heavy (non-hydrogen) atoms. The predicted molar refractivity (Wildman–Crippen MR) is 202 cm³/mol. The van der Waals surface area contributed by atoms with Gasteiger partial charge in [-0.1, -0.05) is 0 Å². The number of ether oxygens (including phenoxy) is 7. The summed E-state index contributed by atoms with van der Waals surface area (Å²) in [6.45, 7) is -3.32. The molecule has 0 aliphatic carbocycles. The molecule has 47 heteroatoms. The van der Waals surface area contributed by atoms with E-state index in [0.29, 0.717) is 0 Å². The second kappa shape index (κ2) is 22.9. The number of hydrogen-bond acceptors (Lipinski definition) is 31. The van der Waals surface area contributed by atoms with Crippen LogP contribution in [0.3, 0.4) is 0 Å². The first-order valence-corrected chi connectivity index (χ1v) is 26.6. The maximum Gasteiger partial charge on any atom is 0.397 e.